The van der Waals surface area contributed by atoms with Crippen molar-refractivity contribution in [2.75, 3.05) is 11.9 Å². The number of hydrogen-bond donors (Lipinski definition) is 1. The smallest absolute Gasteiger partial charge is 0.243 e. The molecule has 0 aromatic heterocycles. The monoisotopic (exact) mass is 386 g/mol. The predicted molar refractivity (Wildman–Crippen MR) is 107 cm³/mol. The number of amides is 1. The van der Waals surface area contributed by atoms with Gasteiger partial charge in [-0.05, 0) is 47.2 Å². The molecule has 0 spiro atoms. The second-order valence-electron chi connectivity index (χ2n) is 8.17. The molecule has 0 aliphatic carbocycles. The lowest BCUT2D eigenvalue weighted by Gasteiger charge is -2.28. The van der Waals surface area contributed by atoms with Crippen LogP contribution in [0.15, 0.2) is 53.4 Å². The largest absolute Gasteiger partial charge is 0.326 e. The molecule has 27 heavy (non-hydrogen) atoms. The lowest BCUT2D eigenvalue weighted by molar-refractivity contribution is -0.117. The van der Waals surface area contributed by atoms with Crippen molar-refractivity contribution in [3.8, 4) is 0 Å². The molecule has 0 fully saturated rings. The number of hydrogen-bond acceptors (Lipinski definition) is 3. The van der Waals surface area contributed by atoms with Gasteiger partial charge in [-0.25, -0.2) is 8.42 Å². The van der Waals surface area contributed by atoms with Crippen LogP contribution in [0.25, 0.3) is 0 Å². The van der Waals surface area contributed by atoms with Crippen LogP contribution in [0.1, 0.15) is 38.3 Å². The van der Waals surface area contributed by atoms with E-state index >= 15 is 0 Å². The maximum absolute atomic E-state index is 12.9. The van der Waals surface area contributed by atoms with Crippen LogP contribution in [-0.4, -0.2) is 25.2 Å². The fraction of sp³-hybridized carbons (Fsp3) is 0.381. The van der Waals surface area contributed by atoms with Crippen molar-refractivity contribution in [1.29, 1.82) is 0 Å². The van der Waals surface area contributed by atoms with E-state index in [0.29, 0.717) is 36.5 Å². The highest BCUT2D eigenvalue weighted by Gasteiger charge is 2.28. The topological polar surface area (TPSA) is 66.5 Å². The van der Waals surface area contributed by atoms with Crippen molar-refractivity contribution < 1.29 is 13.2 Å². The molecule has 144 valence electrons. The van der Waals surface area contributed by atoms with Crippen molar-refractivity contribution in [3.05, 3.63) is 59.7 Å². The van der Waals surface area contributed by atoms with E-state index in [0.717, 1.165) is 11.1 Å². The Morgan fingerprint density at radius 3 is 2.44 bits per heavy atom. The molecule has 0 saturated heterocycles. The normalized spacial score (nSPS) is 15.2. The zero-order valence-corrected chi connectivity index (χ0v) is 16.8. The molecule has 0 saturated carbocycles. The van der Waals surface area contributed by atoms with Gasteiger partial charge in [0.2, 0.25) is 15.9 Å². The van der Waals surface area contributed by atoms with E-state index in [1.54, 1.807) is 30.3 Å². The first-order chi connectivity index (χ1) is 12.6. The number of fused-ring (bicyclic) bond motifs is 1. The molecular formula is C21H26N2O3S. The number of nitrogens with zero attached hydrogens (tertiary/aromatic N) is 1. The highest BCUT2D eigenvalue weighted by atomic mass is 32.2. The molecule has 3 rings (SSSR count). The maximum atomic E-state index is 12.9. The van der Waals surface area contributed by atoms with Crippen molar-refractivity contribution >= 4 is 21.6 Å². The Kier molecular flexibility index (Phi) is 5.40. The molecule has 1 aliphatic rings. The Balaban J connectivity index is 1.78. The standard InChI is InChI=1S/C21H26N2O3S/c1-21(2,3)14-20(24)22-18-10-9-16-11-12-23(15-17(16)13-18)27(25,26)19-7-5-4-6-8-19/h4-10,13H,11-12,14-15H2,1-3H3,(H,22,24). The lowest BCUT2D eigenvalue weighted by atomic mass is 9.92. The van der Waals surface area contributed by atoms with Gasteiger partial charge in [-0.2, -0.15) is 4.31 Å². The minimum Gasteiger partial charge on any atom is -0.326 e. The molecule has 2 aromatic carbocycles. The van der Waals surface area contributed by atoms with E-state index in [4.69, 9.17) is 0 Å². The van der Waals surface area contributed by atoms with Gasteiger partial charge in [-0.1, -0.05) is 45.0 Å². The van der Waals surface area contributed by atoms with E-state index in [2.05, 4.69) is 5.32 Å². The molecule has 1 aliphatic heterocycles. The lowest BCUT2D eigenvalue weighted by Crippen LogP contribution is -2.36. The van der Waals surface area contributed by atoms with Crippen molar-refractivity contribution in [3.63, 3.8) is 0 Å². The van der Waals surface area contributed by atoms with Gasteiger partial charge in [0.1, 0.15) is 0 Å². The van der Waals surface area contributed by atoms with Crippen LogP contribution in [0.4, 0.5) is 5.69 Å². The van der Waals surface area contributed by atoms with E-state index in [1.807, 2.05) is 39.0 Å². The molecule has 1 amide bonds. The summed E-state index contributed by atoms with van der Waals surface area (Å²) in [5.74, 6) is -0.0352. The summed E-state index contributed by atoms with van der Waals surface area (Å²) in [7, 11) is -3.52. The summed E-state index contributed by atoms with van der Waals surface area (Å²) in [5.41, 5.74) is 2.69. The number of sulfonamides is 1. The number of carbonyl (C=O) groups is 1. The minimum absolute atomic E-state index is 0.0352. The van der Waals surface area contributed by atoms with Gasteiger partial charge in [0.05, 0.1) is 4.90 Å². The fourth-order valence-corrected chi connectivity index (χ4v) is 4.68. The number of benzene rings is 2. The Morgan fingerprint density at radius 1 is 1.07 bits per heavy atom. The van der Waals surface area contributed by atoms with Crippen molar-refractivity contribution in [1.82, 2.24) is 4.31 Å². The predicted octanol–water partition coefficient (Wildman–Crippen LogP) is 3.81. The summed E-state index contributed by atoms with van der Waals surface area (Å²) in [4.78, 5) is 12.5. The molecule has 1 heterocycles. The average Bonchev–Trinajstić information content (AvgIpc) is 2.60. The van der Waals surface area contributed by atoms with Gasteiger partial charge in [0.25, 0.3) is 0 Å². The second-order valence-corrected chi connectivity index (χ2v) is 10.1. The first kappa shape index (κ1) is 19.6. The summed E-state index contributed by atoms with van der Waals surface area (Å²) < 4.78 is 27.3. The second kappa shape index (κ2) is 7.44. The third kappa shape index (κ3) is 4.76. The first-order valence-electron chi connectivity index (χ1n) is 9.12. The summed E-state index contributed by atoms with van der Waals surface area (Å²) in [5, 5.41) is 2.93. The zero-order valence-electron chi connectivity index (χ0n) is 16.0. The third-order valence-corrected chi connectivity index (χ3v) is 6.40. The molecule has 6 heteroatoms. The zero-order chi connectivity index (χ0) is 19.7. The number of nitrogens with one attached hydrogen (secondary N) is 1. The van der Waals surface area contributed by atoms with Gasteiger partial charge >= 0.3 is 0 Å². The number of rotatable bonds is 4. The van der Waals surface area contributed by atoms with Crippen LogP contribution in [-0.2, 0) is 27.8 Å². The van der Waals surface area contributed by atoms with Crippen LogP contribution < -0.4 is 5.32 Å². The van der Waals surface area contributed by atoms with E-state index < -0.39 is 10.0 Å². The number of anilines is 1. The molecule has 0 unspecified atom stereocenters. The summed E-state index contributed by atoms with van der Waals surface area (Å²) in [6.45, 7) is 6.83. The van der Waals surface area contributed by atoms with Crippen molar-refractivity contribution in [2.24, 2.45) is 5.41 Å². The van der Waals surface area contributed by atoms with Crippen LogP contribution in [0.3, 0.4) is 0 Å². The Bertz CT molecular complexity index is 932. The Hall–Kier alpha value is -2.18. The van der Waals surface area contributed by atoms with Crippen LogP contribution >= 0.6 is 0 Å². The molecule has 0 atom stereocenters. The summed E-state index contributed by atoms with van der Waals surface area (Å²) >= 11 is 0. The van der Waals surface area contributed by atoms with Crippen LogP contribution in [0.2, 0.25) is 0 Å². The Morgan fingerprint density at radius 2 is 1.78 bits per heavy atom. The highest BCUT2D eigenvalue weighted by Crippen LogP contribution is 2.27. The van der Waals surface area contributed by atoms with Crippen LogP contribution in [0.5, 0.6) is 0 Å². The summed E-state index contributed by atoms with van der Waals surface area (Å²) in [6, 6.07) is 14.3. The minimum atomic E-state index is -3.52. The molecular weight excluding hydrogens is 360 g/mol. The molecule has 2 aromatic rings. The van der Waals surface area contributed by atoms with E-state index in [-0.39, 0.29) is 11.3 Å². The van der Waals surface area contributed by atoms with Crippen LogP contribution in [0, 0.1) is 5.41 Å². The van der Waals surface area contributed by atoms with Crippen molar-refractivity contribution in [2.45, 2.75) is 45.1 Å². The molecule has 0 radical (unpaired) electrons. The Labute approximate surface area is 161 Å². The highest BCUT2D eigenvalue weighted by molar-refractivity contribution is 7.89. The number of carbonyl (C=O) groups excluding carboxylic acids is 1. The molecule has 0 bridgehead atoms. The molecule has 1 N–H and O–H groups in total. The van der Waals surface area contributed by atoms with Gasteiger partial charge in [0.15, 0.2) is 0 Å². The van der Waals surface area contributed by atoms with Gasteiger partial charge < -0.3 is 5.32 Å². The summed E-state index contributed by atoms with van der Waals surface area (Å²) in [6.07, 6.45) is 1.09. The third-order valence-electron chi connectivity index (χ3n) is 4.54. The van der Waals surface area contributed by atoms with Gasteiger partial charge in [0, 0.05) is 25.2 Å². The molecule has 5 nitrogen and oxygen atoms in total. The van der Waals surface area contributed by atoms with E-state index in [1.165, 1.54) is 4.31 Å². The average molecular weight is 387 g/mol. The SMILES string of the molecule is CC(C)(C)CC(=O)Nc1ccc2c(c1)CN(S(=O)(=O)c1ccccc1)CC2. The van der Waals surface area contributed by atoms with Gasteiger partial charge in [-0.15, -0.1) is 0 Å². The fourth-order valence-electron chi connectivity index (χ4n) is 3.24. The first-order valence-corrected chi connectivity index (χ1v) is 10.6. The van der Waals surface area contributed by atoms with Gasteiger partial charge in [-0.3, -0.25) is 4.79 Å². The van der Waals surface area contributed by atoms with E-state index in [9.17, 15) is 13.2 Å². The quantitative estimate of drug-likeness (QED) is 0.869. The maximum Gasteiger partial charge on any atom is 0.243 e.